The van der Waals surface area contributed by atoms with Crippen molar-refractivity contribution in [2.45, 2.75) is 18.2 Å². The van der Waals surface area contributed by atoms with Gasteiger partial charge in [0.1, 0.15) is 23.2 Å². The van der Waals surface area contributed by atoms with Gasteiger partial charge < -0.3 is 15.1 Å². The molecule has 1 aromatic heterocycles. The summed E-state index contributed by atoms with van der Waals surface area (Å²) in [5.74, 6) is 0.588. The van der Waals surface area contributed by atoms with Gasteiger partial charge in [0.05, 0.1) is 10.7 Å². The molecule has 0 fully saturated rings. The van der Waals surface area contributed by atoms with Crippen LogP contribution in [0.5, 0.6) is 11.5 Å². The third-order valence-corrected chi connectivity index (χ3v) is 7.02. The number of aromatic hydroxyl groups is 2. The fourth-order valence-corrected chi connectivity index (χ4v) is 5.46. The van der Waals surface area contributed by atoms with Crippen LogP contribution in [0, 0.1) is 0 Å². The number of anilines is 1. The molecule has 0 spiro atoms. The summed E-state index contributed by atoms with van der Waals surface area (Å²) in [5.41, 5.74) is 3.46. The maximum absolute atomic E-state index is 9.73. The van der Waals surface area contributed by atoms with Crippen LogP contribution in [0.3, 0.4) is 0 Å². The van der Waals surface area contributed by atoms with Crippen molar-refractivity contribution >= 4 is 45.1 Å². The molecule has 0 saturated heterocycles. The van der Waals surface area contributed by atoms with Crippen molar-refractivity contribution in [3.63, 3.8) is 0 Å². The number of hydrogen-bond acceptors (Lipinski definition) is 5. The Labute approximate surface area is 166 Å². The second-order valence-electron chi connectivity index (χ2n) is 6.52. The zero-order chi connectivity index (χ0) is 19.1. The van der Waals surface area contributed by atoms with E-state index in [9.17, 15) is 10.2 Å². The summed E-state index contributed by atoms with van der Waals surface area (Å²) in [7, 11) is 4.11. The van der Waals surface area contributed by atoms with E-state index < -0.39 is 0 Å². The third kappa shape index (κ3) is 3.31. The van der Waals surface area contributed by atoms with Crippen LogP contribution in [0.2, 0.25) is 0 Å². The Morgan fingerprint density at radius 1 is 1.15 bits per heavy atom. The highest BCUT2D eigenvalue weighted by atomic mass is 32.2. The number of phenols is 2. The lowest BCUT2D eigenvalue weighted by atomic mass is 10.2. The first-order chi connectivity index (χ1) is 13.0. The number of aromatic nitrogens is 1. The lowest BCUT2D eigenvalue weighted by Crippen LogP contribution is -2.28. The highest BCUT2D eigenvalue weighted by Gasteiger charge is 2.23. The van der Waals surface area contributed by atoms with Crippen molar-refractivity contribution in [1.29, 1.82) is 0 Å². The van der Waals surface area contributed by atoms with Gasteiger partial charge in [-0.2, -0.15) is 4.57 Å². The molecule has 0 amide bonds. The maximum Gasteiger partial charge on any atom is 0.262 e. The van der Waals surface area contributed by atoms with Gasteiger partial charge in [-0.3, -0.25) is 0 Å². The topological polar surface area (TPSA) is 47.6 Å². The summed E-state index contributed by atoms with van der Waals surface area (Å²) >= 11 is 3.35. The molecule has 0 unspecified atom stereocenters. The molecule has 0 aliphatic carbocycles. The van der Waals surface area contributed by atoms with E-state index in [4.69, 9.17) is 0 Å². The molecule has 138 valence electrons. The number of allylic oxidation sites excluding steroid dienone is 2. The molecule has 2 N–H and O–H groups in total. The molecular weight excluding hydrogens is 376 g/mol. The van der Waals surface area contributed by atoms with Crippen LogP contribution >= 0.6 is 23.1 Å². The highest BCUT2D eigenvalue weighted by molar-refractivity contribution is 8.03. The van der Waals surface area contributed by atoms with Crippen molar-refractivity contribution in [3.8, 4) is 11.5 Å². The van der Waals surface area contributed by atoms with E-state index in [1.807, 2.05) is 24.3 Å². The monoisotopic (exact) mass is 397 g/mol. The van der Waals surface area contributed by atoms with Crippen LogP contribution in [0.4, 0.5) is 5.69 Å². The molecule has 0 radical (unpaired) electrons. The van der Waals surface area contributed by atoms with Gasteiger partial charge in [0.15, 0.2) is 0 Å². The Hall–Kier alpha value is -2.44. The Morgan fingerprint density at radius 2 is 1.89 bits per heavy atom. The molecule has 3 aromatic rings. The average molecular weight is 398 g/mol. The van der Waals surface area contributed by atoms with Crippen molar-refractivity contribution in [2.75, 3.05) is 11.9 Å². The molecule has 2 aromatic carbocycles. The fourth-order valence-electron chi connectivity index (χ4n) is 3.14. The van der Waals surface area contributed by atoms with Crippen LogP contribution in [-0.4, -0.2) is 17.3 Å². The number of nitrogens with zero attached hydrogens (tertiary/aromatic N) is 2. The zero-order valence-electron chi connectivity index (χ0n) is 15.4. The second-order valence-corrected chi connectivity index (χ2v) is 8.64. The summed E-state index contributed by atoms with van der Waals surface area (Å²) < 4.78 is 3.23. The van der Waals surface area contributed by atoms with Crippen LogP contribution in [0.25, 0.3) is 16.3 Å². The number of thiazole rings is 1. The number of aryl methyl sites for hydroxylation is 1. The highest BCUT2D eigenvalue weighted by Crippen LogP contribution is 2.46. The molecule has 4 nitrogen and oxygen atoms in total. The molecule has 4 rings (SSSR count). The first-order valence-corrected chi connectivity index (χ1v) is 10.4. The second kappa shape index (κ2) is 6.94. The minimum atomic E-state index is 0.294. The Morgan fingerprint density at radius 3 is 2.67 bits per heavy atom. The van der Waals surface area contributed by atoms with E-state index >= 15 is 0 Å². The third-order valence-electron chi connectivity index (χ3n) is 4.73. The van der Waals surface area contributed by atoms with E-state index in [1.165, 1.54) is 5.57 Å². The standard InChI is InChI=1S/C21H20N2O2S2/c1-4-13(9-20-22(2)16-7-5-14(24)11-18(16)26-20)10-21-23(3)17-8-6-15(25)12-19(17)27-21/h5-12H,4H2,1-3H3,(H-,24,25)/p+1. The summed E-state index contributed by atoms with van der Waals surface area (Å²) in [6, 6.07) is 11.0. The van der Waals surface area contributed by atoms with E-state index in [2.05, 4.69) is 42.6 Å². The van der Waals surface area contributed by atoms with E-state index in [0.29, 0.717) is 11.5 Å². The van der Waals surface area contributed by atoms with Crippen LogP contribution in [0.15, 0.2) is 58.0 Å². The van der Waals surface area contributed by atoms with Gasteiger partial charge in [0, 0.05) is 30.2 Å². The van der Waals surface area contributed by atoms with E-state index in [0.717, 1.165) is 37.3 Å². The van der Waals surface area contributed by atoms with Crippen molar-refractivity contribution in [3.05, 3.63) is 58.1 Å². The number of benzene rings is 2. The minimum absolute atomic E-state index is 0.294. The van der Waals surface area contributed by atoms with Gasteiger partial charge in [-0.05, 0) is 42.3 Å². The smallest absolute Gasteiger partial charge is 0.262 e. The van der Waals surface area contributed by atoms with Crippen LogP contribution < -0.4 is 9.47 Å². The number of thioether (sulfide) groups is 1. The quantitative estimate of drug-likeness (QED) is 0.610. The van der Waals surface area contributed by atoms with Crippen molar-refractivity contribution in [1.82, 2.24) is 0 Å². The van der Waals surface area contributed by atoms with Crippen molar-refractivity contribution in [2.24, 2.45) is 7.05 Å². The molecule has 0 bridgehead atoms. The van der Waals surface area contributed by atoms with Gasteiger partial charge in [0.2, 0.25) is 5.52 Å². The summed E-state index contributed by atoms with van der Waals surface area (Å²) in [5, 5.41) is 21.7. The van der Waals surface area contributed by atoms with Crippen LogP contribution in [-0.2, 0) is 7.05 Å². The number of hydrogen-bond donors (Lipinski definition) is 2. The molecule has 27 heavy (non-hydrogen) atoms. The first-order valence-electron chi connectivity index (χ1n) is 8.74. The van der Waals surface area contributed by atoms with Gasteiger partial charge in [0.25, 0.3) is 5.01 Å². The number of phenolic OH excluding ortho intramolecular Hbond substituents is 2. The molecular formula is C21H21N2O2S2+. The van der Waals surface area contributed by atoms with E-state index in [1.54, 1.807) is 35.2 Å². The molecule has 1 aliphatic heterocycles. The number of rotatable bonds is 3. The lowest BCUT2D eigenvalue weighted by molar-refractivity contribution is -0.642. The molecule has 2 heterocycles. The fraction of sp³-hybridized carbons (Fsp3) is 0.190. The molecule has 1 aliphatic rings. The largest absolute Gasteiger partial charge is 0.508 e. The van der Waals surface area contributed by atoms with Gasteiger partial charge in [-0.15, -0.1) is 0 Å². The Kier molecular flexibility index (Phi) is 4.61. The lowest BCUT2D eigenvalue weighted by Gasteiger charge is -2.13. The summed E-state index contributed by atoms with van der Waals surface area (Å²) in [6.07, 6.45) is 5.34. The van der Waals surface area contributed by atoms with Gasteiger partial charge in [-0.25, -0.2) is 0 Å². The van der Waals surface area contributed by atoms with Crippen LogP contribution in [0.1, 0.15) is 18.4 Å². The average Bonchev–Trinajstić information content (AvgIpc) is 3.11. The SMILES string of the molecule is CCC(/C=C1\Sc2cc(O)ccc2N1C)=C\c1sc2cc(O)ccc2[n+]1C. The van der Waals surface area contributed by atoms with E-state index in [-0.39, 0.29) is 0 Å². The minimum Gasteiger partial charge on any atom is -0.508 e. The van der Waals surface area contributed by atoms with Crippen molar-refractivity contribution < 1.29 is 14.8 Å². The molecule has 6 heteroatoms. The van der Waals surface area contributed by atoms with Gasteiger partial charge in [-0.1, -0.05) is 30.0 Å². The summed E-state index contributed by atoms with van der Waals surface area (Å²) in [6.45, 7) is 2.15. The Balaban J connectivity index is 1.71. The number of fused-ring (bicyclic) bond motifs is 2. The zero-order valence-corrected chi connectivity index (χ0v) is 17.1. The molecule has 0 atom stereocenters. The summed E-state index contributed by atoms with van der Waals surface area (Å²) in [4.78, 5) is 3.23. The predicted octanol–water partition coefficient (Wildman–Crippen LogP) is 5.01. The Bertz CT molecular complexity index is 1100. The molecule has 0 saturated carbocycles. The normalized spacial score (nSPS) is 15.7. The predicted molar refractivity (Wildman–Crippen MR) is 113 cm³/mol. The maximum atomic E-state index is 9.73. The van der Waals surface area contributed by atoms with Gasteiger partial charge >= 0.3 is 0 Å². The first kappa shape index (κ1) is 17.9.